The predicted molar refractivity (Wildman–Crippen MR) is 68.7 cm³/mol. The second-order valence-corrected chi connectivity index (χ2v) is 3.72. The highest BCUT2D eigenvalue weighted by atomic mass is 16.4. The van der Waals surface area contributed by atoms with E-state index in [1.54, 1.807) is 12.1 Å². The number of nitrogens with one attached hydrogen (secondary N) is 2. The SMILES string of the molecule is CNC(=O)c1nc(-c2ccccc2)oc1C(=O)NC. The van der Waals surface area contributed by atoms with E-state index in [4.69, 9.17) is 4.42 Å². The van der Waals surface area contributed by atoms with Gasteiger partial charge in [-0.15, -0.1) is 0 Å². The summed E-state index contributed by atoms with van der Waals surface area (Å²) in [6, 6.07) is 9.06. The Labute approximate surface area is 109 Å². The average molecular weight is 259 g/mol. The van der Waals surface area contributed by atoms with E-state index in [9.17, 15) is 9.59 Å². The Balaban J connectivity index is 2.52. The molecule has 2 amide bonds. The van der Waals surface area contributed by atoms with Gasteiger partial charge in [0.1, 0.15) is 0 Å². The number of benzene rings is 1. The smallest absolute Gasteiger partial charge is 0.289 e. The molecule has 0 spiro atoms. The van der Waals surface area contributed by atoms with Crippen molar-refractivity contribution < 1.29 is 14.0 Å². The van der Waals surface area contributed by atoms with Gasteiger partial charge in [0.2, 0.25) is 11.7 Å². The monoisotopic (exact) mass is 259 g/mol. The number of aromatic nitrogens is 1. The number of amides is 2. The first-order valence-electron chi connectivity index (χ1n) is 5.67. The zero-order chi connectivity index (χ0) is 13.8. The first-order valence-corrected chi connectivity index (χ1v) is 5.67. The molecule has 1 heterocycles. The normalized spacial score (nSPS) is 10.0. The molecule has 0 saturated heterocycles. The Morgan fingerprint density at radius 2 is 1.68 bits per heavy atom. The maximum atomic E-state index is 11.7. The van der Waals surface area contributed by atoms with Gasteiger partial charge < -0.3 is 15.1 Å². The zero-order valence-corrected chi connectivity index (χ0v) is 10.6. The highest BCUT2D eigenvalue weighted by Gasteiger charge is 2.24. The Morgan fingerprint density at radius 1 is 1.05 bits per heavy atom. The van der Waals surface area contributed by atoms with E-state index in [2.05, 4.69) is 15.6 Å². The van der Waals surface area contributed by atoms with Crippen LogP contribution in [0.25, 0.3) is 11.5 Å². The van der Waals surface area contributed by atoms with Crippen LogP contribution in [0.2, 0.25) is 0 Å². The van der Waals surface area contributed by atoms with Crippen LogP contribution in [-0.4, -0.2) is 30.9 Å². The molecule has 1 aromatic carbocycles. The minimum atomic E-state index is -0.492. The van der Waals surface area contributed by atoms with Crippen LogP contribution in [0.5, 0.6) is 0 Å². The molecule has 0 atom stereocenters. The van der Waals surface area contributed by atoms with E-state index in [0.29, 0.717) is 5.56 Å². The van der Waals surface area contributed by atoms with E-state index < -0.39 is 11.8 Å². The van der Waals surface area contributed by atoms with Crippen LogP contribution in [0.1, 0.15) is 21.0 Å². The maximum absolute atomic E-state index is 11.7. The lowest BCUT2D eigenvalue weighted by Gasteiger charge is -1.97. The van der Waals surface area contributed by atoms with Gasteiger partial charge in [0, 0.05) is 19.7 Å². The molecule has 2 aromatic rings. The van der Waals surface area contributed by atoms with Crippen molar-refractivity contribution in [2.24, 2.45) is 0 Å². The van der Waals surface area contributed by atoms with Crippen molar-refractivity contribution in [1.82, 2.24) is 15.6 Å². The Kier molecular flexibility index (Phi) is 3.61. The van der Waals surface area contributed by atoms with Crippen LogP contribution in [0, 0.1) is 0 Å². The summed E-state index contributed by atoms with van der Waals surface area (Å²) >= 11 is 0. The fourth-order valence-corrected chi connectivity index (χ4v) is 1.56. The molecule has 6 nitrogen and oxygen atoms in total. The van der Waals surface area contributed by atoms with Crippen molar-refractivity contribution in [3.63, 3.8) is 0 Å². The average Bonchev–Trinajstić information content (AvgIpc) is 2.91. The highest BCUT2D eigenvalue weighted by molar-refractivity contribution is 6.04. The van der Waals surface area contributed by atoms with Gasteiger partial charge in [-0.1, -0.05) is 18.2 Å². The number of rotatable bonds is 3. The summed E-state index contributed by atoms with van der Waals surface area (Å²) in [6.07, 6.45) is 0. The lowest BCUT2D eigenvalue weighted by Crippen LogP contribution is -2.24. The summed E-state index contributed by atoms with van der Waals surface area (Å²) in [5, 5.41) is 4.84. The summed E-state index contributed by atoms with van der Waals surface area (Å²) in [6.45, 7) is 0. The number of oxazole rings is 1. The van der Waals surface area contributed by atoms with Gasteiger partial charge in [-0.2, -0.15) is 0 Å². The van der Waals surface area contributed by atoms with E-state index >= 15 is 0 Å². The molecule has 0 radical (unpaired) electrons. The Hall–Kier alpha value is -2.63. The maximum Gasteiger partial charge on any atom is 0.289 e. The minimum Gasteiger partial charge on any atom is -0.430 e. The van der Waals surface area contributed by atoms with Crippen molar-refractivity contribution in [2.45, 2.75) is 0 Å². The molecule has 98 valence electrons. The van der Waals surface area contributed by atoms with Crippen LogP contribution in [0.15, 0.2) is 34.7 Å². The number of hydrogen-bond acceptors (Lipinski definition) is 4. The molecule has 0 unspecified atom stereocenters. The van der Waals surface area contributed by atoms with Crippen molar-refractivity contribution >= 4 is 11.8 Å². The van der Waals surface area contributed by atoms with Gasteiger partial charge in [0.15, 0.2) is 5.69 Å². The molecule has 6 heteroatoms. The highest BCUT2D eigenvalue weighted by Crippen LogP contribution is 2.21. The topological polar surface area (TPSA) is 84.2 Å². The fourth-order valence-electron chi connectivity index (χ4n) is 1.56. The molecule has 0 aliphatic rings. The van der Waals surface area contributed by atoms with Crippen molar-refractivity contribution in [1.29, 1.82) is 0 Å². The zero-order valence-electron chi connectivity index (χ0n) is 10.6. The molecule has 19 heavy (non-hydrogen) atoms. The molecule has 1 aromatic heterocycles. The van der Waals surface area contributed by atoms with E-state index in [1.165, 1.54) is 14.1 Å². The third-order valence-electron chi connectivity index (χ3n) is 2.52. The van der Waals surface area contributed by atoms with Crippen LogP contribution in [0.3, 0.4) is 0 Å². The predicted octanol–water partition coefficient (Wildman–Crippen LogP) is 1.06. The molecule has 2 N–H and O–H groups in total. The number of nitrogens with zero attached hydrogens (tertiary/aromatic N) is 1. The summed E-state index contributed by atoms with van der Waals surface area (Å²) in [5.41, 5.74) is 0.670. The summed E-state index contributed by atoms with van der Waals surface area (Å²) in [7, 11) is 2.92. The van der Waals surface area contributed by atoms with Crippen LogP contribution < -0.4 is 10.6 Å². The largest absolute Gasteiger partial charge is 0.430 e. The van der Waals surface area contributed by atoms with Crippen molar-refractivity contribution in [3.05, 3.63) is 41.8 Å². The molecule has 0 aliphatic heterocycles. The van der Waals surface area contributed by atoms with Crippen LogP contribution in [-0.2, 0) is 0 Å². The van der Waals surface area contributed by atoms with Gasteiger partial charge in [-0.05, 0) is 12.1 Å². The first kappa shape index (κ1) is 12.8. The Morgan fingerprint density at radius 3 is 2.26 bits per heavy atom. The molecule has 0 saturated carbocycles. The van der Waals surface area contributed by atoms with Gasteiger partial charge in [0.05, 0.1) is 0 Å². The van der Waals surface area contributed by atoms with E-state index in [-0.39, 0.29) is 17.3 Å². The molecular formula is C13H13N3O3. The summed E-state index contributed by atoms with van der Waals surface area (Å²) in [4.78, 5) is 27.4. The first-order chi connectivity index (χ1) is 9.17. The van der Waals surface area contributed by atoms with E-state index in [1.807, 2.05) is 18.2 Å². The lowest BCUT2D eigenvalue weighted by molar-refractivity contribution is 0.0907. The third kappa shape index (κ3) is 2.47. The van der Waals surface area contributed by atoms with Gasteiger partial charge in [-0.3, -0.25) is 9.59 Å². The lowest BCUT2D eigenvalue weighted by atomic mass is 10.2. The Bertz CT molecular complexity index is 571. The third-order valence-corrected chi connectivity index (χ3v) is 2.52. The molecular weight excluding hydrogens is 246 g/mol. The summed E-state index contributed by atoms with van der Waals surface area (Å²) in [5.74, 6) is -0.823. The number of carbonyl (C=O) groups excluding carboxylic acids is 2. The summed E-state index contributed by atoms with van der Waals surface area (Å²) < 4.78 is 5.39. The van der Waals surface area contributed by atoms with E-state index in [0.717, 1.165) is 0 Å². The number of carbonyl (C=O) groups is 2. The van der Waals surface area contributed by atoms with Crippen LogP contribution >= 0.6 is 0 Å². The quantitative estimate of drug-likeness (QED) is 0.863. The van der Waals surface area contributed by atoms with Gasteiger partial charge in [-0.25, -0.2) is 4.98 Å². The van der Waals surface area contributed by atoms with Gasteiger partial charge in [0.25, 0.3) is 11.8 Å². The number of hydrogen-bond donors (Lipinski definition) is 2. The van der Waals surface area contributed by atoms with Gasteiger partial charge >= 0.3 is 0 Å². The molecule has 0 fully saturated rings. The fraction of sp³-hybridized carbons (Fsp3) is 0.154. The molecule has 2 rings (SSSR count). The standard InChI is InChI=1S/C13H13N3O3/c1-14-11(17)9-10(12(18)15-2)19-13(16-9)8-6-4-3-5-7-8/h3-7H,1-2H3,(H,14,17)(H,15,18). The van der Waals surface area contributed by atoms with Crippen molar-refractivity contribution in [3.8, 4) is 11.5 Å². The second-order valence-electron chi connectivity index (χ2n) is 3.72. The van der Waals surface area contributed by atoms with Crippen molar-refractivity contribution in [2.75, 3.05) is 14.1 Å². The van der Waals surface area contributed by atoms with Crippen LogP contribution in [0.4, 0.5) is 0 Å². The minimum absolute atomic E-state index is 0.0271. The molecule has 0 aliphatic carbocycles. The second kappa shape index (κ2) is 5.34. The molecule has 0 bridgehead atoms.